The number of halogens is 2. The Morgan fingerprint density at radius 1 is 1.00 bits per heavy atom. The van der Waals surface area contributed by atoms with Crippen molar-refractivity contribution in [3.63, 3.8) is 0 Å². The maximum Gasteiger partial charge on any atom is 0.340 e. The first-order valence-corrected chi connectivity index (χ1v) is 8.73. The van der Waals surface area contributed by atoms with E-state index in [1.807, 2.05) is 6.92 Å². The molecule has 0 saturated carbocycles. The Balaban J connectivity index is 2.54. The molecule has 8 heteroatoms. The average Bonchev–Trinajstić information content (AvgIpc) is 2.47. The van der Waals surface area contributed by atoms with Crippen LogP contribution in [0.5, 0.6) is 0 Å². The molecular formula is C17H17F2NO4S. The fraction of sp³-hybridized carbons (Fsp3) is 0.235. The Bertz CT molecular complexity index is 932. The minimum atomic E-state index is -4.14. The van der Waals surface area contributed by atoms with Crippen molar-refractivity contribution in [1.29, 1.82) is 0 Å². The highest BCUT2D eigenvalue weighted by atomic mass is 32.2. The van der Waals surface area contributed by atoms with Crippen molar-refractivity contribution < 1.29 is 26.7 Å². The van der Waals surface area contributed by atoms with Gasteiger partial charge in [-0.25, -0.2) is 22.0 Å². The van der Waals surface area contributed by atoms with Gasteiger partial charge in [-0.3, -0.25) is 4.72 Å². The van der Waals surface area contributed by atoms with Gasteiger partial charge in [-0.05, 0) is 38.0 Å². The second-order valence-corrected chi connectivity index (χ2v) is 7.26. The quantitative estimate of drug-likeness (QED) is 0.838. The van der Waals surface area contributed by atoms with E-state index < -0.39 is 38.9 Å². The molecule has 0 spiro atoms. The molecule has 0 saturated heterocycles. The molecule has 0 unspecified atom stereocenters. The van der Waals surface area contributed by atoms with Crippen molar-refractivity contribution in [2.24, 2.45) is 0 Å². The Morgan fingerprint density at radius 3 is 2.08 bits per heavy atom. The highest BCUT2D eigenvalue weighted by Gasteiger charge is 2.24. The predicted octanol–water partition coefficient (Wildman–Crippen LogP) is 3.48. The van der Waals surface area contributed by atoms with Crippen LogP contribution in [0.4, 0.5) is 14.5 Å². The van der Waals surface area contributed by atoms with Crippen LogP contribution in [0.1, 0.15) is 27.0 Å². The molecule has 1 N–H and O–H groups in total. The van der Waals surface area contributed by atoms with E-state index in [4.69, 9.17) is 0 Å². The number of anilines is 1. The number of methoxy groups -OCH3 is 1. The zero-order valence-electron chi connectivity index (χ0n) is 14.1. The number of ether oxygens (including phenoxy) is 1. The van der Waals surface area contributed by atoms with Gasteiger partial charge < -0.3 is 4.74 Å². The number of carbonyl (C=O) groups is 1. The zero-order valence-corrected chi connectivity index (χ0v) is 14.9. The average molecular weight is 369 g/mol. The Morgan fingerprint density at radius 2 is 1.56 bits per heavy atom. The molecule has 5 nitrogen and oxygen atoms in total. The molecular weight excluding hydrogens is 352 g/mol. The number of rotatable bonds is 4. The van der Waals surface area contributed by atoms with Gasteiger partial charge in [0.15, 0.2) is 0 Å². The summed E-state index contributed by atoms with van der Waals surface area (Å²) >= 11 is 0. The molecule has 134 valence electrons. The number of carbonyl (C=O) groups excluding carboxylic acids is 1. The van der Waals surface area contributed by atoms with Crippen molar-refractivity contribution in [3.8, 4) is 0 Å². The van der Waals surface area contributed by atoms with Crippen LogP contribution in [0.2, 0.25) is 0 Å². The maximum atomic E-state index is 14.0. The first-order valence-electron chi connectivity index (χ1n) is 7.25. The third-order valence-corrected chi connectivity index (χ3v) is 5.25. The molecule has 2 aromatic carbocycles. The standard InChI is InChI=1S/C17H17F2NO4S/c1-9-5-10(2)16(11(3)6-9)25(22,23)20-15-7-12(17(21)24-4)13(18)8-14(15)19/h5-8,20H,1-4H3. The monoisotopic (exact) mass is 369 g/mol. The Labute approximate surface area is 144 Å². The summed E-state index contributed by atoms with van der Waals surface area (Å²) in [5.74, 6) is -3.33. The third kappa shape index (κ3) is 3.79. The lowest BCUT2D eigenvalue weighted by Gasteiger charge is -2.15. The summed E-state index contributed by atoms with van der Waals surface area (Å²) in [6.07, 6.45) is 0. The van der Waals surface area contributed by atoms with Gasteiger partial charge in [0.1, 0.15) is 11.6 Å². The van der Waals surface area contributed by atoms with Gasteiger partial charge in [-0.2, -0.15) is 0 Å². The van der Waals surface area contributed by atoms with Crippen LogP contribution in [0.15, 0.2) is 29.2 Å². The lowest BCUT2D eigenvalue weighted by atomic mass is 10.1. The molecule has 0 aliphatic heterocycles. The summed E-state index contributed by atoms with van der Waals surface area (Å²) in [7, 11) is -3.10. The van der Waals surface area contributed by atoms with Gasteiger partial charge in [-0.15, -0.1) is 0 Å². The summed E-state index contributed by atoms with van der Waals surface area (Å²) in [5, 5.41) is 0. The largest absolute Gasteiger partial charge is 0.465 e. The van der Waals surface area contributed by atoms with E-state index in [0.717, 1.165) is 18.7 Å². The lowest BCUT2D eigenvalue weighted by Crippen LogP contribution is -2.18. The van der Waals surface area contributed by atoms with Crippen molar-refractivity contribution in [2.45, 2.75) is 25.7 Å². The van der Waals surface area contributed by atoms with Crippen LogP contribution in [-0.4, -0.2) is 21.5 Å². The second-order valence-electron chi connectivity index (χ2n) is 5.64. The highest BCUT2D eigenvalue weighted by molar-refractivity contribution is 7.92. The number of nitrogens with one attached hydrogen (secondary N) is 1. The van der Waals surface area contributed by atoms with E-state index in [0.29, 0.717) is 17.2 Å². The number of hydrogen-bond donors (Lipinski definition) is 1. The van der Waals surface area contributed by atoms with E-state index in [9.17, 15) is 22.0 Å². The van der Waals surface area contributed by atoms with Crippen LogP contribution in [-0.2, 0) is 14.8 Å². The fourth-order valence-electron chi connectivity index (χ4n) is 2.68. The molecule has 0 aliphatic rings. The summed E-state index contributed by atoms with van der Waals surface area (Å²) < 4.78 is 59.5. The number of aryl methyl sites for hydroxylation is 3. The van der Waals surface area contributed by atoms with E-state index in [-0.39, 0.29) is 4.90 Å². The van der Waals surface area contributed by atoms with Crippen molar-refractivity contribution in [1.82, 2.24) is 0 Å². The first kappa shape index (κ1) is 18.9. The molecule has 0 fully saturated rings. The zero-order chi connectivity index (χ0) is 18.9. The minimum Gasteiger partial charge on any atom is -0.465 e. The van der Waals surface area contributed by atoms with E-state index in [2.05, 4.69) is 9.46 Å². The minimum absolute atomic E-state index is 0.00134. The topological polar surface area (TPSA) is 72.5 Å². The molecule has 0 aliphatic carbocycles. The molecule has 0 atom stereocenters. The molecule has 0 radical (unpaired) electrons. The smallest absolute Gasteiger partial charge is 0.340 e. The Kier molecular flexibility index (Phi) is 5.12. The van der Waals surface area contributed by atoms with Crippen LogP contribution in [0.3, 0.4) is 0 Å². The molecule has 2 rings (SSSR count). The fourth-order valence-corrected chi connectivity index (χ4v) is 4.19. The van der Waals surface area contributed by atoms with Crippen molar-refractivity contribution in [3.05, 3.63) is 58.2 Å². The van der Waals surface area contributed by atoms with Crippen LogP contribution < -0.4 is 4.72 Å². The van der Waals surface area contributed by atoms with Gasteiger partial charge >= 0.3 is 5.97 Å². The van der Waals surface area contributed by atoms with Crippen LogP contribution in [0, 0.1) is 32.4 Å². The lowest BCUT2D eigenvalue weighted by molar-refractivity contribution is 0.0595. The molecule has 0 amide bonds. The van der Waals surface area contributed by atoms with Crippen LogP contribution in [0.25, 0.3) is 0 Å². The summed E-state index contributed by atoms with van der Waals surface area (Å²) in [6, 6.07) is 4.57. The first-order chi connectivity index (χ1) is 11.6. The summed E-state index contributed by atoms with van der Waals surface area (Å²) in [6.45, 7) is 5.07. The molecule has 0 bridgehead atoms. The van der Waals surface area contributed by atoms with E-state index >= 15 is 0 Å². The van der Waals surface area contributed by atoms with Gasteiger partial charge in [0.05, 0.1) is 23.3 Å². The van der Waals surface area contributed by atoms with Crippen molar-refractivity contribution >= 4 is 21.7 Å². The number of esters is 1. The van der Waals surface area contributed by atoms with Crippen molar-refractivity contribution in [2.75, 3.05) is 11.8 Å². The van der Waals surface area contributed by atoms with E-state index in [1.165, 1.54) is 0 Å². The molecule has 0 heterocycles. The van der Waals surface area contributed by atoms with Gasteiger partial charge in [0, 0.05) is 6.07 Å². The second kappa shape index (κ2) is 6.79. The van der Waals surface area contributed by atoms with Gasteiger partial charge in [0.25, 0.3) is 10.0 Å². The normalized spacial score (nSPS) is 11.3. The van der Waals surface area contributed by atoms with Crippen LogP contribution >= 0.6 is 0 Å². The third-order valence-electron chi connectivity index (χ3n) is 3.58. The predicted molar refractivity (Wildman–Crippen MR) is 89.2 cm³/mol. The summed E-state index contributed by atoms with van der Waals surface area (Å²) in [4.78, 5) is 11.5. The summed E-state index contributed by atoms with van der Waals surface area (Å²) in [5.41, 5.74) is 0.747. The SMILES string of the molecule is COC(=O)c1cc(NS(=O)(=O)c2c(C)cc(C)cc2C)c(F)cc1F. The molecule has 0 aromatic heterocycles. The number of sulfonamides is 1. The molecule has 2 aromatic rings. The number of hydrogen-bond acceptors (Lipinski definition) is 4. The Hall–Kier alpha value is -2.48. The number of benzene rings is 2. The highest BCUT2D eigenvalue weighted by Crippen LogP contribution is 2.27. The van der Waals surface area contributed by atoms with Gasteiger partial charge in [0.2, 0.25) is 0 Å². The maximum absolute atomic E-state index is 14.0. The van der Waals surface area contributed by atoms with Gasteiger partial charge in [-0.1, -0.05) is 17.7 Å². The van der Waals surface area contributed by atoms with E-state index in [1.54, 1.807) is 26.0 Å². The molecule has 25 heavy (non-hydrogen) atoms.